The molecule has 0 aromatic heterocycles. The van der Waals surface area contributed by atoms with Crippen LogP contribution in [-0.4, -0.2) is 24.8 Å². The predicted molar refractivity (Wildman–Crippen MR) is 75.2 cm³/mol. The number of hydrogen-bond acceptors (Lipinski definition) is 4. The van der Waals surface area contributed by atoms with E-state index in [2.05, 4.69) is 27.3 Å². The van der Waals surface area contributed by atoms with Gasteiger partial charge in [-0.1, -0.05) is 0 Å². The Balaban J connectivity index is 2.40. The van der Waals surface area contributed by atoms with Gasteiger partial charge in [-0.25, -0.2) is 0 Å². The molecular formula is C13H12BrN3O2. The van der Waals surface area contributed by atoms with Gasteiger partial charge in [0.05, 0.1) is 29.4 Å². The van der Waals surface area contributed by atoms with Crippen molar-refractivity contribution in [3.05, 3.63) is 22.2 Å². The summed E-state index contributed by atoms with van der Waals surface area (Å²) in [5.74, 6) is -1.12. The molecule has 1 aromatic rings. The van der Waals surface area contributed by atoms with Gasteiger partial charge in [-0.3, -0.25) is 9.59 Å². The third-order valence-corrected chi connectivity index (χ3v) is 3.85. The quantitative estimate of drug-likeness (QED) is 0.867. The Morgan fingerprint density at radius 1 is 1.47 bits per heavy atom. The van der Waals surface area contributed by atoms with Crippen LogP contribution in [0, 0.1) is 11.3 Å². The molecule has 1 aliphatic rings. The van der Waals surface area contributed by atoms with Crippen molar-refractivity contribution in [2.45, 2.75) is 19.4 Å². The van der Waals surface area contributed by atoms with Crippen molar-refractivity contribution in [2.24, 2.45) is 0 Å². The number of nitrogens with one attached hydrogen (secondary N) is 1. The number of nitrogens with zero attached hydrogens (tertiary/aromatic N) is 2. The average Bonchev–Trinajstić information content (AvgIpc) is 2.64. The van der Waals surface area contributed by atoms with E-state index in [1.165, 1.54) is 0 Å². The van der Waals surface area contributed by atoms with Gasteiger partial charge in [-0.15, -0.1) is 0 Å². The van der Waals surface area contributed by atoms with Crippen molar-refractivity contribution in [1.82, 2.24) is 0 Å². The highest BCUT2D eigenvalue weighted by molar-refractivity contribution is 9.10. The lowest BCUT2D eigenvalue weighted by atomic mass is 10.1. The van der Waals surface area contributed by atoms with E-state index in [1.807, 2.05) is 18.9 Å². The second-order valence-electron chi connectivity index (χ2n) is 4.45. The van der Waals surface area contributed by atoms with Crippen LogP contribution >= 0.6 is 15.9 Å². The summed E-state index contributed by atoms with van der Waals surface area (Å²) in [6.07, 6.45) is 0.394. The van der Waals surface area contributed by atoms with Gasteiger partial charge in [-0.2, -0.15) is 5.26 Å². The maximum Gasteiger partial charge on any atom is 0.296 e. The summed E-state index contributed by atoms with van der Waals surface area (Å²) in [6.45, 7) is 1.94. The number of fused-ring (bicyclic) bond motifs is 1. The van der Waals surface area contributed by atoms with E-state index in [-0.39, 0.29) is 6.04 Å². The fraction of sp³-hybridized carbons (Fsp3) is 0.308. The van der Waals surface area contributed by atoms with Crippen molar-refractivity contribution in [2.75, 3.05) is 17.3 Å². The zero-order valence-corrected chi connectivity index (χ0v) is 12.1. The summed E-state index contributed by atoms with van der Waals surface area (Å²) in [5.41, 5.74) is 1.72. The maximum absolute atomic E-state index is 11.6. The Kier molecular flexibility index (Phi) is 3.58. The van der Waals surface area contributed by atoms with Gasteiger partial charge >= 0.3 is 0 Å². The molecule has 0 aliphatic carbocycles. The number of halogens is 1. The van der Waals surface area contributed by atoms with E-state index in [1.54, 1.807) is 12.1 Å². The molecule has 0 saturated heterocycles. The number of amides is 1. The Morgan fingerprint density at radius 2 is 2.16 bits per heavy atom. The topological polar surface area (TPSA) is 73.2 Å². The maximum atomic E-state index is 11.6. The number of ketones is 1. The largest absolute Gasteiger partial charge is 0.370 e. The number of carbonyl (C=O) groups excluding carboxylic acids is 2. The first-order chi connectivity index (χ1) is 8.95. The van der Waals surface area contributed by atoms with Gasteiger partial charge in [-0.05, 0) is 35.0 Å². The highest BCUT2D eigenvalue weighted by atomic mass is 79.9. The smallest absolute Gasteiger partial charge is 0.296 e. The molecule has 6 heteroatoms. The number of Topliss-reactive ketones (excluding diaryl/α,β-unsaturated/α-hetero) is 1. The van der Waals surface area contributed by atoms with Gasteiger partial charge in [0.2, 0.25) is 0 Å². The summed E-state index contributed by atoms with van der Waals surface area (Å²) in [4.78, 5) is 24.8. The van der Waals surface area contributed by atoms with Crippen molar-refractivity contribution in [1.29, 1.82) is 5.26 Å². The van der Waals surface area contributed by atoms with Gasteiger partial charge in [0.25, 0.3) is 11.7 Å². The highest BCUT2D eigenvalue weighted by Gasteiger charge is 2.29. The summed E-state index contributed by atoms with van der Waals surface area (Å²) in [5, 5.41) is 11.3. The predicted octanol–water partition coefficient (Wildman–Crippen LogP) is 2.32. The van der Waals surface area contributed by atoms with Crippen LogP contribution in [0.4, 0.5) is 11.4 Å². The molecule has 1 aromatic carbocycles. The zero-order chi connectivity index (χ0) is 14.2. The molecular weight excluding hydrogens is 310 g/mol. The third kappa shape index (κ3) is 2.34. The Bertz CT molecular complexity index is 607. The second kappa shape index (κ2) is 5.02. The van der Waals surface area contributed by atoms with Crippen molar-refractivity contribution in [3.63, 3.8) is 0 Å². The average molecular weight is 322 g/mol. The molecule has 0 radical (unpaired) electrons. The fourth-order valence-electron chi connectivity index (χ4n) is 1.93. The molecule has 19 heavy (non-hydrogen) atoms. The van der Waals surface area contributed by atoms with Gasteiger partial charge in [0.1, 0.15) is 0 Å². The molecule has 2 rings (SSSR count). The van der Waals surface area contributed by atoms with E-state index < -0.39 is 11.7 Å². The minimum absolute atomic E-state index is 0.0344. The van der Waals surface area contributed by atoms with E-state index in [0.29, 0.717) is 17.7 Å². The lowest BCUT2D eigenvalue weighted by Crippen LogP contribution is -2.28. The number of benzene rings is 1. The van der Waals surface area contributed by atoms with Crippen LogP contribution in [0.2, 0.25) is 0 Å². The molecule has 1 unspecified atom stereocenters. The molecule has 1 heterocycles. The summed E-state index contributed by atoms with van der Waals surface area (Å²) in [6, 6.07) is 5.54. The molecule has 1 amide bonds. The molecule has 1 aliphatic heterocycles. The first-order valence-electron chi connectivity index (χ1n) is 5.74. The van der Waals surface area contributed by atoms with Crippen LogP contribution in [0.1, 0.15) is 23.7 Å². The highest BCUT2D eigenvalue weighted by Crippen LogP contribution is 2.35. The fourth-order valence-corrected chi connectivity index (χ4v) is 2.55. The van der Waals surface area contributed by atoms with E-state index >= 15 is 0 Å². The van der Waals surface area contributed by atoms with Crippen LogP contribution in [0.3, 0.4) is 0 Å². The van der Waals surface area contributed by atoms with Crippen LogP contribution in [0.25, 0.3) is 0 Å². The number of anilines is 2. The number of hydrogen-bond donors (Lipinski definition) is 1. The molecule has 0 fully saturated rings. The molecule has 1 N–H and O–H groups in total. The van der Waals surface area contributed by atoms with Crippen LogP contribution in [0.15, 0.2) is 16.6 Å². The minimum Gasteiger partial charge on any atom is -0.370 e. The Hall–Kier alpha value is -1.87. The summed E-state index contributed by atoms with van der Waals surface area (Å²) in [7, 11) is 1.87. The van der Waals surface area contributed by atoms with Crippen molar-refractivity contribution in [3.8, 4) is 6.07 Å². The first kappa shape index (κ1) is 13.6. The van der Waals surface area contributed by atoms with E-state index in [4.69, 9.17) is 5.26 Å². The Morgan fingerprint density at radius 3 is 2.79 bits per heavy atom. The molecule has 5 nitrogen and oxygen atoms in total. The zero-order valence-electron chi connectivity index (χ0n) is 10.5. The second-order valence-corrected chi connectivity index (χ2v) is 5.31. The van der Waals surface area contributed by atoms with Gasteiger partial charge in [0.15, 0.2) is 0 Å². The minimum atomic E-state index is -0.605. The van der Waals surface area contributed by atoms with Crippen LogP contribution in [-0.2, 0) is 4.79 Å². The molecule has 1 atom stereocenters. The summed E-state index contributed by atoms with van der Waals surface area (Å²) < 4.78 is 0.725. The van der Waals surface area contributed by atoms with E-state index in [0.717, 1.165) is 10.2 Å². The molecule has 0 saturated carbocycles. The third-order valence-electron chi connectivity index (χ3n) is 3.21. The van der Waals surface area contributed by atoms with Crippen LogP contribution in [0.5, 0.6) is 0 Å². The first-order valence-corrected chi connectivity index (χ1v) is 6.54. The van der Waals surface area contributed by atoms with Gasteiger partial charge < -0.3 is 10.2 Å². The van der Waals surface area contributed by atoms with E-state index in [9.17, 15) is 9.59 Å². The Labute approximate surface area is 119 Å². The van der Waals surface area contributed by atoms with Crippen LogP contribution < -0.4 is 10.2 Å². The lowest BCUT2D eigenvalue weighted by Gasteiger charge is -2.26. The number of nitriles is 1. The summed E-state index contributed by atoms with van der Waals surface area (Å²) >= 11 is 3.40. The molecule has 0 bridgehead atoms. The lowest BCUT2D eigenvalue weighted by molar-refractivity contribution is -0.112. The normalized spacial score (nSPS) is 14.6. The molecule has 98 valence electrons. The standard InChI is InChI=1S/C13H12BrN3O2/c1-7(3-4-15)17(2)11-6-10-8(5-9(11)14)12(18)13(19)16-10/h5-7H,3H2,1-2H3,(H,16,18,19). The van der Waals surface area contributed by atoms with Gasteiger partial charge in [0, 0.05) is 17.6 Å². The van der Waals surface area contributed by atoms with Crippen molar-refractivity contribution < 1.29 is 9.59 Å². The monoisotopic (exact) mass is 321 g/mol. The number of carbonyl (C=O) groups is 2. The van der Waals surface area contributed by atoms with Crippen molar-refractivity contribution >= 4 is 39.0 Å². The SMILES string of the molecule is CC(CC#N)N(C)c1cc2c(cc1Br)C(=O)C(=O)N2. The molecule has 0 spiro atoms. The number of rotatable bonds is 3.